The Hall–Kier alpha value is -1.57. The third-order valence-electron chi connectivity index (χ3n) is 6.40. The van der Waals surface area contributed by atoms with E-state index < -0.39 is 5.25 Å². The Morgan fingerprint density at radius 1 is 1.15 bits per heavy atom. The van der Waals surface area contributed by atoms with Crippen molar-refractivity contribution in [3.8, 4) is 0 Å². The van der Waals surface area contributed by atoms with Crippen LogP contribution in [0.5, 0.6) is 0 Å². The highest BCUT2D eigenvalue weighted by Crippen LogP contribution is 2.55. The Balaban J connectivity index is 1.33. The predicted octanol–water partition coefficient (Wildman–Crippen LogP) is 3.13. The van der Waals surface area contributed by atoms with Gasteiger partial charge in [-0.2, -0.15) is 0 Å². The third-order valence-corrected chi connectivity index (χ3v) is 7.47. The van der Waals surface area contributed by atoms with Crippen molar-refractivity contribution in [3.63, 3.8) is 0 Å². The first kappa shape index (κ1) is 18.8. The van der Waals surface area contributed by atoms with Crippen LogP contribution in [-0.4, -0.2) is 37.5 Å². The SMILES string of the molecule is CC(C)n1cnnc1S[C@H](C)C(=O)NC(=O)NC12CC3CC(CC(C3)C1)C2. The van der Waals surface area contributed by atoms with Crippen LogP contribution in [0.3, 0.4) is 0 Å². The molecule has 4 saturated carbocycles. The largest absolute Gasteiger partial charge is 0.332 e. The summed E-state index contributed by atoms with van der Waals surface area (Å²) in [5, 5.41) is 14.0. The molecule has 0 saturated heterocycles. The van der Waals surface area contributed by atoms with E-state index in [0.29, 0.717) is 5.16 Å². The number of carbonyl (C=O) groups is 2. The molecule has 0 aliphatic heterocycles. The smallest absolute Gasteiger partial charge is 0.321 e. The molecule has 4 bridgehead atoms. The van der Waals surface area contributed by atoms with E-state index in [1.807, 2.05) is 18.4 Å². The van der Waals surface area contributed by atoms with Crippen molar-refractivity contribution in [2.24, 2.45) is 17.8 Å². The molecule has 0 aromatic carbocycles. The molecule has 3 amide bonds. The molecule has 0 spiro atoms. The lowest BCUT2D eigenvalue weighted by atomic mass is 9.53. The lowest BCUT2D eigenvalue weighted by molar-refractivity contribution is -0.119. The predicted molar refractivity (Wildman–Crippen MR) is 103 cm³/mol. The number of imide groups is 1. The number of hydrogen-bond donors (Lipinski definition) is 2. The molecule has 1 aromatic rings. The maximum Gasteiger partial charge on any atom is 0.321 e. The van der Waals surface area contributed by atoms with E-state index in [1.165, 1.54) is 31.0 Å². The zero-order valence-corrected chi connectivity index (χ0v) is 17.1. The highest BCUT2D eigenvalue weighted by atomic mass is 32.2. The second-order valence-electron chi connectivity index (χ2n) is 9.02. The van der Waals surface area contributed by atoms with Gasteiger partial charge in [0.1, 0.15) is 6.33 Å². The number of hydrogen-bond acceptors (Lipinski definition) is 5. The highest BCUT2D eigenvalue weighted by Gasteiger charge is 2.51. The molecule has 4 aliphatic carbocycles. The van der Waals surface area contributed by atoms with Crippen LogP contribution in [0.2, 0.25) is 0 Å². The van der Waals surface area contributed by atoms with Gasteiger partial charge in [-0.3, -0.25) is 10.1 Å². The van der Waals surface area contributed by atoms with Crippen molar-refractivity contribution in [3.05, 3.63) is 6.33 Å². The summed E-state index contributed by atoms with van der Waals surface area (Å²) in [5.41, 5.74) is -0.0900. The van der Waals surface area contributed by atoms with Gasteiger partial charge in [-0.1, -0.05) is 11.8 Å². The Kier molecular flexibility index (Phi) is 4.94. The van der Waals surface area contributed by atoms with Gasteiger partial charge in [0.05, 0.1) is 5.25 Å². The maximum absolute atomic E-state index is 12.5. The summed E-state index contributed by atoms with van der Waals surface area (Å²) in [6.45, 7) is 5.87. The zero-order valence-electron chi connectivity index (χ0n) is 16.3. The molecule has 2 N–H and O–H groups in total. The van der Waals surface area contributed by atoms with Gasteiger partial charge < -0.3 is 9.88 Å². The number of urea groups is 1. The average Bonchev–Trinajstić information content (AvgIpc) is 3.01. The fourth-order valence-electron chi connectivity index (χ4n) is 5.63. The summed E-state index contributed by atoms with van der Waals surface area (Å²) in [4.78, 5) is 25.0. The molecule has 0 radical (unpaired) electrons. The molecule has 4 fully saturated rings. The van der Waals surface area contributed by atoms with Gasteiger partial charge in [0.15, 0.2) is 5.16 Å². The first-order valence-electron chi connectivity index (χ1n) is 10.0. The third kappa shape index (κ3) is 3.86. The van der Waals surface area contributed by atoms with Crippen LogP contribution in [0.4, 0.5) is 4.79 Å². The fraction of sp³-hybridized carbons (Fsp3) is 0.789. The lowest BCUT2D eigenvalue weighted by Gasteiger charge is -2.56. The van der Waals surface area contributed by atoms with Crippen LogP contribution in [0, 0.1) is 17.8 Å². The molecule has 5 rings (SSSR count). The number of thioether (sulfide) groups is 1. The molecule has 8 heteroatoms. The Labute approximate surface area is 164 Å². The molecule has 1 atom stereocenters. The minimum Gasteiger partial charge on any atom is -0.332 e. The summed E-state index contributed by atoms with van der Waals surface area (Å²) in [6, 6.07) is -0.128. The molecule has 1 aromatic heterocycles. The maximum atomic E-state index is 12.5. The van der Waals surface area contributed by atoms with Crippen LogP contribution >= 0.6 is 11.8 Å². The molecule has 7 nitrogen and oxygen atoms in total. The number of aromatic nitrogens is 3. The summed E-state index contributed by atoms with van der Waals surface area (Å²) in [5.74, 6) is 1.97. The van der Waals surface area contributed by atoms with E-state index >= 15 is 0 Å². The minimum atomic E-state index is -0.422. The van der Waals surface area contributed by atoms with E-state index in [9.17, 15) is 9.59 Å². The van der Waals surface area contributed by atoms with Crippen LogP contribution in [0.15, 0.2) is 11.5 Å². The van der Waals surface area contributed by atoms with Crippen molar-refractivity contribution in [2.45, 2.75) is 81.3 Å². The topological polar surface area (TPSA) is 88.9 Å². The first-order valence-corrected chi connectivity index (χ1v) is 10.9. The molecular formula is C19H29N5O2S. The van der Waals surface area contributed by atoms with Crippen molar-refractivity contribution >= 4 is 23.7 Å². The number of carbonyl (C=O) groups excluding carboxylic acids is 2. The van der Waals surface area contributed by atoms with Crippen molar-refractivity contribution < 1.29 is 9.59 Å². The standard InChI is InChI=1S/C19H29N5O2S/c1-11(2)24-10-20-23-18(24)27-12(3)16(25)21-17(26)22-19-7-13-4-14(8-19)6-15(5-13)9-19/h10-15H,4-9H2,1-3H3,(H2,21,22,25,26)/t12-,13?,14?,15?,19?/m1/s1. The molecule has 4 aliphatic rings. The number of nitrogens with one attached hydrogen (secondary N) is 2. The van der Waals surface area contributed by atoms with Crippen LogP contribution in [0.25, 0.3) is 0 Å². The van der Waals surface area contributed by atoms with Gasteiger partial charge in [-0.25, -0.2) is 4.79 Å². The summed E-state index contributed by atoms with van der Waals surface area (Å²) in [7, 11) is 0. The lowest BCUT2D eigenvalue weighted by Crippen LogP contribution is -2.62. The molecular weight excluding hydrogens is 362 g/mol. The Bertz CT molecular complexity index is 696. The van der Waals surface area contributed by atoms with Crippen molar-refractivity contribution in [1.82, 2.24) is 25.4 Å². The van der Waals surface area contributed by atoms with Crippen molar-refractivity contribution in [2.75, 3.05) is 0 Å². The number of nitrogens with zero attached hydrogens (tertiary/aromatic N) is 3. The van der Waals surface area contributed by atoms with Crippen LogP contribution in [0.1, 0.15) is 65.3 Å². The summed E-state index contributed by atoms with van der Waals surface area (Å²) in [6.07, 6.45) is 8.85. The summed E-state index contributed by atoms with van der Waals surface area (Å²) >= 11 is 1.32. The van der Waals surface area contributed by atoms with Gasteiger partial charge in [-0.05, 0) is 77.0 Å². The van der Waals surface area contributed by atoms with Crippen molar-refractivity contribution in [1.29, 1.82) is 0 Å². The van der Waals surface area contributed by atoms with E-state index in [4.69, 9.17) is 0 Å². The molecule has 1 heterocycles. The van der Waals surface area contributed by atoms with Crippen LogP contribution in [-0.2, 0) is 4.79 Å². The van der Waals surface area contributed by atoms with Gasteiger partial charge in [0, 0.05) is 11.6 Å². The normalized spacial score (nSPS) is 32.5. The second kappa shape index (κ2) is 7.11. The van der Waals surface area contributed by atoms with E-state index in [-0.39, 0.29) is 23.5 Å². The zero-order chi connectivity index (χ0) is 19.2. The Morgan fingerprint density at radius 3 is 2.30 bits per heavy atom. The minimum absolute atomic E-state index is 0.0900. The number of amides is 3. The highest BCUT2D eigenvalue weighted by molar-refractivity contribution is 8.00. The van der Waals surface area contributed by atoms with Gasteiger partial charge in [0.25, 0.3) is 0 Å². The average molecular weight is 392 g/mol. The second-order valence-corrected chi connectivity index (χ2v) is 10.3. The van der Waals surface area contributed by atoms with E-state index in [2.05, 4.69) is 20.8 Å². The van der Waals surface area contributed by atoms with E-state index in [1.54, 1.807) is 13.3 Å². The van der Waals surface area contributed by atoms with Gasteiger partial charge >= 0.3 is 6.03 Å². The molecule has 27 heavy (non-hydrogen) atoms. The number of rotatable bonds is 5. The monoisotopic (exact) mass is 391 g/mol. The van der Waals surface area contributed by atoms with E-state index in [0.717, 1.165) is 37.0 Å². The quantitative estimate of drug-likeness (QED) is 0.753. The fourth-order valence-corrected chi connectivity index (χ4v) is 6.59. The summed E-state index contributed by atoms with van der Waals surface area (Å²) < 4.78 is 1.92. The van der Waals surface area contributed by atoms with Crippen LogP contribution < -0.4 is 10.6 Å². The Morgan fingerprint density at radius 2 is 1.74 bits per heavy atom. The molecule has 0 unspecified atom stereocenters. The van der Waals surface area contributed by atoms with Gasteiger partial charge in [-0.15, -0.1) is 10.2 Å². The van der Waals surface area contributed by atoms with Gasteiger partial charge in [0.2, 0.25) is 5.91 Å². The first-order chi connectivity index (χ1) is 12.8. The molecule has 148 valence electrons.